The highest BCUT2D eigenvalue weighted by molar-refractivity contribution is 5.34. The molecule has 2 rings (SSSR count). The molecule has 0 aromatic carbocycles. The van der Waals surface area contributed by atoms with Crippen molar-refractivity contribution in [2.75, 3.05) is 18.0 Å². The van der Waals surface area contributed by atoms with Gasteiger partial charge in [-0.05, 0) is 12.8 Å². The maximum Gasteiger partial charge on any atom is 0.222 e. The van der Waals surface area contributed by atoms with Gasteiger partial charge >= 0.3 is 0 Å². The van der Waals surface area contributed by atoms with E-state index in [-0.39, 0.29) is 0 Å². The van der Waals surface area contributed by atoms with Crippen molar-refractivity contribution in [3.63, 3.8) is 0 Å². The lowest BCUT2D eigenvalue weighted by molar-refractivity contribution is -0.722. The van der Waals surface area contributed by atoms with Crippen molar-refractivity contribution in [2.24, 2.45) is 0 Å². The van der Waals surface area contributed by atoms with Crippen molar-refractivity contribution < 1.29 is 4.96 Å². The van der Waals surface area contributed by atoms with Crippen molar-refractivity contribution in [2.45, 2.75) is 12.8 Å². The molecule has 5 nitrogen and oxygen atoms in total. The van der Waals surface area contributed by atoms with Gasteiger partial charge in [0, 0.05) is 18.0 Å². The van der Waals surface area contributed by atoms with Gasteiger partial charge in [-0.3, -0.25) is 0 Å². The third-order valence-corrected chi connectivity index (χ3v) is 1.93. The van der Waals surface area contributed by atoms with Crippen molar-refractivity contribution in [3.8, 4) is 0 Å². The van der Waals surface area contributed by atoms with Gasteiger partial charge in [-0.1, -0.05) is 0 Å². The number of aromatic amines is 1. The maximum absolute atomic E-state index is 10.6. The van der Waals surface area contributed by atoms with Gasteiger partial charge in [0.1, 0.15) is 6.20 Å². The highest BCUT2D eigenvalue weighted by atomic mass is 16.5. The fourth-order valence-electron chi connectivity index (χ4n) is 1.36. The molecule has 1 aromatic rings. The average molecular weight is 154 g/mol. The Labute approximate surface area is 64.2 Å². The number of rotatable bonds is 1. The number of nitrogens with one attached hydrogen (secondary N) is 1. The first-order valence-corrected chi connectivity index (χ1v) is 3.76. The number of anilines is 1. The lowest BCUT2D eigenvalue weighted by atomic mass is 10.4. The molecule has 60 valence electrons. The lowest BCUT2D eigenvalue weighted by Crippen LogP contribution is -2.32. The summed E-state index contributed by atoms with van der Waals surface area (Å²) in [7, 11) is 0. The molecule has 0 spiro atoms. The fraction of sp³-hybridized carbons (Fsp3) is 0.667. The smallest absolute Gasteiger partial charge is 0.222 e. The SMILES string of the molecule is [O-][n+]1nc(N2CCCC2)c[nH]1. The molecule has 0 saturated carbocycles. The molecule has 0 aliphatic carbocycles. The molecule has 1 N–H and O–H groups in total. The Balaban J connectivity index is 2.15. The van der Waals surface area contributed by atoms with Gasteiger partial charge in [0.15, 0.2) is 0 Å². The summed E-state index contributed by atoms with van der Waals surface area (Å²) in [5.41, 5.74) is 0. The highest BCUT2D eigenvalue weighted by Crippen LogP contribution is 2.14. The molecule has 1 aliphatic heterocycles. The quantitative estimate of drug-likeness (QED) is 0.444. The van der Waals surface area contributed by atoms with E-state index >= 15 is 0 Å². The van der Waals surface area contributed by atoms with E-state index in [1.54, 1.807) is 6.20 Å². The molecule has 1 aromatic heterocycles. The Hall–Kier alpha value is -1.26. The van der Waals surface area contributed by atoms with Crippen LogP contribution >= 0.6 is 0 Å². The zero-order chi connectivity index (χ0) is 7.68. The largest absolute Gasteiger partial charge is 0.571 e. The first kappa shape index (κ1) is 6.45. The molecule has 1 aliphatic rings. The summed E-state index contributed by atoms with van der Waals surface area (Å²) in [5, 5.41) is 16.7. The highest BCUT2D eigenvalue weighted by Gasteiger charge is 2.16. The second kappa shape index (κ2) is 2.41. The van der Waals surface area contributed by atoms with Crippen molar-refractivity contribution >= 4 is 5.82 Å². The van der Waals surface area contributed by atoms with Crippen LogP contribution in [0, 0.1) is 5.21 Å². The number of aromatic nitrogens is 3. The topological polar surface area (TPSA) is 58.9 Å². The van der Waals surface area contributed by atoms with Crippen LogP contribution in [0.15, 0.2) is 6.20 Å². The minimum Gasteiger partial charge on any atom is -0.571 e. The number of H-pyrrole nitrogens is 1. The molecule has 1 fully saturated rings. The van der Waals surface area contributed by atoms with Crippen molar-refractivity contribution in [3.05, 3.63) is 11.4 Å². The van der Waals surface area contributed by atoms with Crippen LogP contribution in [0.4, 0.5) is 5.82 Å². The van der Waals surface area contributed by atoms with Gasteiger partial charge in [0.25, 0.3) is 0 Å². The van der Waals surface area contributed by atoms with E-state index in [0.29, 0.717) is 4.96 Å². The summed E-state index contributed by atoms with van der Waals surface area (Å²) < 4.78 is 0. The number of nitrogens with zero attached hydrogens (tertiary/aromatic N) is 3. The van der Waals surface area contributed by atoms with Gasteiger partial charge in [-0.2, -0.15) is 0 Å². The normalized spacial score (nSPS) is 17.6. The Bertz CT molecular complexity index is 240. The van der Waals surface area contributed by atoms with Crippen LogP contribution in [-0.2, 0) is 0 Å². The summed E-state index contributed by atoms with van der Waals surface area (Å²) in [6.07, 6.45) is 4.04. The second-order valence-electron chi connectivity index (χ2n) is 2.70. The fourth-order valence-corrected chi connectivity index (χ4v) is 1.36. The first-order chi connectivity index (χ1) is 5.36. The maximum atomic E-state index is 10.6. The first-order valence-electron chi connectivity index (χ1n) is 3.76. The van der Waals surface area contributed by atoms with E-state index in [4.69, 9.17) is 0 Å². The lowest BCUT2D eigenvalue weighted by Gasteiger charge is -2.09. The van der Waals surface area contributed by atoms with Gasteiger partial charge in [-0.15, -0.1) is 5.10 Å². The van der Waals surface area contributed by atoms with E-state index in [0.717, 1.165) is 18.9 Å². The molecule has 0 unspecified atom stereocenters. The van der Waals surface area contributed by atoms with E-state index < -0.39 is 0 Å². The Morgan fingerprint density at radius 1 is 1.55 bits per heavy atom. The van der Waals surface area contributed by atoms with Crippen LogP contribution in [-0.4, -0.2) is 23.3 Å². The summed E-state index contributed by atoms with van der Waals surface area (Å²) in [4.78, 5) is 2.58. The van der Waals surface area contributed by atoms with E-state index in [2.05, 4.69) is 15.1 Å². The minimum absolute atomic E-state index is 0.480. The average Bonchev–Trinajstić information content (AvgIpc) is 2.55. The van der Waals surface area contributed by atoms with Crippen LogP contribution in [0.1, 0.15) is 12.8 Å². The van der Waals surface area contributed by atoms with Crippen LogP contribution < -0.4 is 9.86 Å². The summed E-state index contributed by atoms with van der Waals surface area (Å²) in [6.45, 7) is 2.04. The van der Waals surface area contributed by atoms with E-state index in [1.807, 2.05) is 0 Å². The Morgan fingerprint density at radius 2 is 2.27 bits per heavy atom. The monoisotopic (exact) mass is 154 g/mol. The molecule has 0 bridgehead atoms. The molecule has 0 radical (unpaired) electrons. The molecular weight excluding hydrogens is 144 g/mol. The van der Waals surface area contributed by atoms with E-state index in [9.17, 15) is 5.21 Å². The van der Waals surface area contributed by atoms with Crippen LogP contribution in [0.2, 0.25) is 0 Å². The Kier molecular flexibility index (Phi) is 1.41. The number of hydrogen-bond acceptors (Lipinski definition) is 3. The summed E-state index contributed by atoms with van der Waals surface area (Å²) in [6, 6.07) is 0. The second-order valence-corrected chi connectivity index (χ2v) is 2.70. The van der Waals surface area contributed by atoms with Gasteiger partial charge in [-0.25, -0.2) is 0 Å². The van der Waals surface area contributed by atoms with Crippen molar-refractivity contribution in [1.29, 1.82) is 0 Å². The minimum atomic E-state index is 0.480. The molecule has 1 saturated heterocycles. The molecular formula is C6H10N4O. The zero-order valence-corrected chi connectivity index (χ0v) is 6.16. The van der Waals surface area contributed by atoms with E-state index in [1.165, 1.54) is 12.8 Å². The third-order valence-electron chi connectivity index (χ3n) is 1.93. The Morgan fingerprint density at radius 3 is 2.82 bits per heavy atom. The molecule has 11 heavy (non-hydrogen) atoms. The van der Waals surface area contributed by atoms with Gasteiger partial charge < -0.3 is 10.1 Å². The molecule has 2 heterocycles. The predicted molar refractivity (Wildman–Crippen MR) is 39.0 cm³/mol. The van der Waals surface area contributed by atoms with Crippen LogP contribution in [0.5, 0.6) is 0 Å². The van der Waals surface area contributed by atoms with Crippen LogP contribution in [0.25, 0.3) is 0 Å². The third kappa shape index (κ3) is 1.13. The summed E-state index contributed by atoms with van der Waals surface area (Å²) in [5.74, 6) is 0.762. The van der Waals surface area contributed by atoms with Crippen LogP contribution in [0.3, 0.4) is 0 Å². The number of hydrogen-bond donors (Lipinski definition) is 1. The van der Waals surface area contributed by atoms with Crippen molar-refractivity contribution in [1.82, 2.24) is 10.2 Å². The standard InChI is InChI=1S/C6H10N4O/c11-10-7-5-6(8-10)9-3-1-2-4-9/h5H,1-4H2,(H,7,8). The molecule has 0 amide bonds. The zero-order valence-electron chi connectivity index (χ0n) is 6.16. The molecule has 5 heteroatoms. The summed E-state index contributed by atoms with van der Waals surface area (Å²) >= 11 is 0. The van der Waals surface area contributed by atoms with Gasteiger partial charge in [0.2, 0.25) is 5.82 Å². The van der Waals surface area contributed by atoms with Gasteiger partial charge in [0.05, 0.1) is 5.10 Å². The predicted octanol–water partition coefficient (Wildman–Crippen LogP) is -0.357. The molecule has 0 atom stereocenters.